The molecule has 1 rings (SSSR count). The van der Waals surface area contributed by atoms with Crippen molar-refractivity contribution in [2.45, 2.75) is 13.8 Å². The van der Waals surface area contributed by atoms with Crippen molar-refractivity contribution in [2.24, 2.45) is 4.99 Å². The molecule has 0 aliphatic heterocycles. The van der Waals surface area contributed by atoms with Gasteiger partial charge < -0.3 is 5.32 Å². The van der Waals surface area contributed by atoms with Crippen LogP contribution in [0.15, 0.2) is 41.0 Å². The molecule has 0 saturated heterocycles. The van der Waals surface area contributed by atoms with Crippen LogP contribution in [0.1, 0.15) is 18.3 Å². The van der Waals surface area contributed by atoms with Gasteiger partial charge in [0.25, 0.3) is 0 Å². The quantitative estimate of drug-likeness (QED) is 0.619. The molecule has 1 aromatic rings. The van der Waals surface area contributed by atoms with E-state index in [0.717, 1.165) is 22.8 Å². The van der Waals surface area contributed by atoms with Crippen molar-refractivity contribution in [3.05, 3.63) is 47.4 Å². The lowest BCUT2D eigenvalue weighted by atomic mass is 10.2. The topological polar surface area (TPSA) is 37.3 Å². The van der Waals surface area contributed by atoms with Gasteiger partial charge in [-0.2, -0.15) is 0 Å². The van der Waals surface area contributed by atoms with Crippen molar-refractivity contribution >= 4 is 12.4 Å². The lowest BCUT2D eigenvalue weighted by Gasteiger charge is -2.09. The molecule has 1 N–H and O–H groups in total. The van der Waals surface area contributed by atoms with Gasteiger partial charge in [0.05, 0.1) is 17.1 Å². The van der Waals surface area contributed by atoms with Crippen LogP contribution in [0, 0.1) is 6.92 Å². The molecule has 3 nitrogen and oxygen atoms in total. The molecule has 0 bridgehead atoms. The van der Waals surface area contributed by atoms with Gasteiger partial charge in [-0.1, -0.05) is 12.1 Å². The van der Waals surface area contributed by atoms with E-state index in [2.05, 4.69) is 22.0 Å². The molecule has 0 spiro atoms. The lowest BCUT2D eigenvalue weighted by molar-refractivity contribution is 1.05. The molecule has 0 saturated carbocycles. The Morgan fingerprint density at radius 1 is 1.50 bits per heavy atom. The van der Waals surface area contributed by atoms with Crippen LogP contribution >= 0.6 is 0 Å². The number of aromatic nitrogens is 1. The number of hydrogen-bond acceptors (Lipinski definition) is 3. The summed E-state index contributed by atoms with van der Waals surface area (Å²) in [5.41, 5.74) is 3.54. The maximum absolute atomic E-state index is 4.45. The number of aryl methyl sites for hydroxylation is 1. The van der Waals surface area contributed by atoms with Crippen molar-refractivity contribution < 1.29 is 0 Å². The summed E-state index contributed by atoms with van der Waals surface area (Å²) in [5, 5.41) is 3.11. The fraction of sp³-hybridized carbons (Fsp3) is 0.231. The zero-order valence-corrected chi connectivity index (χ0v) is 9.99. The molecule has 0 atom stereocenters. The highest BCUT2D eigenvalue weighted by molar-refractivity contribution is 5.67. The Morgan fingerprint density at radius 2 is 2.25 bits per heavy atom. The molecule has 3 heteroatoms. The molecule has 0 fully saturated rings. The first-order chi connectivity index (χ1) is 7.72. The van der Waals surface area contributed by atoms with Crippen molar-refractivity contribution in [2.75, 3.05) is 7.05 Å². The Labute approximate surface area is 96.6 Å². The largest absolute Gasteiger partial charge is 0.385 e. The van der Waals surface area contributed by atoms with Gasteiger partial charge in [-0.3, -0.25) is 9.98 Å². The van der Waals surface area contributed by atoms with E-state index in [-0.39, 0.29) is 0 Å². The molecule has 0 aliphatic carbocycles. The predicted octanol–water partition coefficient (Wildman–Crippen LogP) is 2.55. The Kier molecular flexibility index (Phi) is 4.45. The number of rotatable bonds is 4. The number of nitrogens with one attached hydrogen (secondary N) is 1. The summed E-state index contributed by atoms with van der Waals surface area (Å²) < 4.78 is 0. The number of hydrogen-bond donors (Lipinski definition) is 1. The third-order valence-corrected chi connectivity index (χ3v) is 2.15. The Bertz CT molecular complexity index is 431. The highest BCUT2D eigenvalue weighted by Crippen LogP contribution is 2.15. The number of pyridine rings is 1. The Hall–Kier alpha value is -1.90. The van der Waals surface area contributed by atoms with Crippen LogP contribution in [0.5, 0.6) is 0 Å². The maximum Gasteiger partial charge on any atom is 0.0886 e. The molecule has 84 valence electrons. The van der Waals surface area contributed by atoms with Gasteiger partial charge in [0, 0.05) is 12.7 Å². The smallest absolute Gasteiger partial charge is 0.0886 e. The monoisotopic (exact) mass is 215 g/mol. The summed E-state index contributed by atoms with van der Waals surface area (Å²) >= 11 is 0. The zero-order valence-electron chi connectivity index (χ0n) is 9.99. The fourth-order valence-electron chi connectivity index (χ4n) is 1.44. The van der Waals surface area contributed by atoms with Gasteiger partial charge in [0.15, 0.2) is 0 Å². The van der Waals surface area contributed by atoms with Crippen LogP contribution in [0.2, 0.25) is 0 Å². The fourth-order valence-corrected chi connectivity index (χ4v) is 1.44. The van der Waals surface area contributed by atoms with E-state index in [9.17, 15) is 0 Å². The van der Waals surface area contributed by atoms with Crippen LogP contribution in [0.25, 0.3) is 5.70 Å². The van der Waals surface area contributed by atoms with Crippen LogP contribution < -0.4 is 5.32 Å². The highest BCUT2D eigenvalue weighted by atomic mass is 14.9. The van der Waals surface area contributed by atoms with Crippen molar-refractivity contribution in [1.82, 2.24) is 10.3 Å². The van der Waals surface area contributed by atoms with Crippen molar-refractivity contribution in [3.8, 4) is 0 Å². The maximum atomic E-state index is 4.45. The second-order valence-corrected chi connectivity index (χ2v) is 3.33. The molecule has 0 radical (unpaired) electrons. The minimum atomic E-state index is 0.795. The normalized spacial score (nSPS) is 12.4. The number of nitrogens with zero attached hydrogens (tertiary/aromatic N) is 2. The summed E-state index contributed by atoms with van der Waals surface area (Å²) in [5.74, 6) is 0. The standard InChI is InChI=1S/C13H17N3/c1-5-7-11(14-3)13(15-4)12-9-6-8-10(2)16-12/h5-9,15H,3H2,1-2,4H3/b7-5+,13-11-. The zero-order chi connectivity index (χ0) is 12.0. The third kappa shape index (κ3) is 2.79. The number of aliphatic imine (C=N–C) groups is 1. The van der Waals surface area contributed by atoms with Gasteiger partial charge in [-0.25, -0.2) is 0 Å². The SMILES string of the molecule is C=NC(/C=C/C)=C(\NC)c1cccc(C)n1. The second kappa shape index (κ2) is 5.85. The Morgan fingerprint density at radius 3 is 2.75 bits per heavy atom. The molecular weight excluding hydrogens is 198 g/mol. The van der Waals surface area contributed by atoms with Gasteiger partial charge >= 0.3 is 0 Å². The van der Waals surface area contributed by atoms with E-state index < -0.39 is 0 Å². The molecule has 0 amide bonds. The summed E-state index contributed by atoms with van der Waals surface area (Å²) in [6, 6.07) is 5.90. The minimum Gasteiger partial charge on any atom is -0.385 e. The first kappa shape index (κ1) is 12.2. The molecule has 0 aromatic carbocycles. The average molecular weight is 215 g/mol. The van der Waals surface area contributed by atoms with E-state index in [1.54, 1.807) is 0 Å². The van der Waals surface area contributed by atoms with Crippen LogP contribution in [0.4, 0.5) is 0 Å². The average Bonchev–Trinajstić information content (AvgIpc) is 2.29. The third-order valence-electron chi connectivity index (χ3n) is 2.15. The molecule has 0 aliphatic rings. The predicted molar refractivity (Wildman–Crippen MR) is 69.3 cm³/mol. The van der Waals surface area contributed by atoms with E-state index in [0.29, 0.717) is 0 Å². The first-order valence-electron chi connectivity index (χ1n) is 5.18. The first-order valence-corrected chi connectivity index (χ1v) is 5.18. The molecule has 1 aromatic heterocycles. The highest BCUT2D eigenvalue weighted by Gasteiger charge is 2.05. The van der Waals surface area contributed by atoms with Crippen LogP contribution in [0.3, 0.4) is 0 Å². The summed E-state index contributed by atoms with van der Waals surface area (Å²) in [4.78, 5) is 8.45. The molecule has 16 heavy (non-hydrogen) atoms. The van der Waals surface area contributed by atoms with E-state index in [1.165, 1.54) is 0 Å². The molecule has 0 unspecified atom stereocenters. The van der Waals surface area contributed by atoms with Gasteiger partial charge in [-0.15, -0.1) is 0 Å². The number of allylic oxidation sites excluding steroid dienone is 2. The second-order valence-electron chi connectivity index (χ2n) is 3.33. The summed E-state index contributed by atoms with van der Waals surface area (Å²) in [7, 11) is 1.86. The molecule has 1 heterocycles. The minimum absolute atomic E-state index is 0.795. The van der Waals surface area contributed by atoms with Gasteiger partial charge in [0.2, 0.25) is 0 Å². The van der Waals surface area contributed by atoms with E-state index in [4.69, 9.17) is 0 Å². The van der Waals surface area contributed by atoms with Crippen LogP contribution in [-0.2, 0) is 0 Å². The summed E-state index contributed by atoms with van der Waals surface area (Å²) in [6.45, 7) is 7.48. The van der Waals surface area contributed by atoms with E-state index in [1.807, 2.05) is 51.2 Å². The van der Waals surface area contributed by atoms with Crippen molar-refractivity contribution in [1.29, 1.82) is 0 Å². The van der Waals surface area contributed by atoms with Gasteiger partial charge in [-0.05, 0) is 38.8 Å². The summed E-state index contributed by atoms with van der Waals surface area (Å²) in [6.07, 6.45) is 3.83. The molecular formula is C13H17N3. The van der Waals surface area contributed by atoms with Gasteiger partial charge in [0.1, 0.15) is 0 Å². The van der Waals surface area contributed by atoms with Crippen molar-refractivity contribution in [3.63, 3.8) is 0 Å². The lowest BCUT2D eigenvalue weighted by Crippen LogP contribution is -2.09. The Balaban J connectivity index is 3.29. The van der Waals surface area contributed by atoms with E-state index >= 15 is 0 Å². The van der Waals surface area contributed by atoms with Crippen LogP contribution in [-0.4, -0.2) is 18.7 Å².